The highest BCUT2D eigenvalue weighted by Crippen LogP contribution is 2.39. The van der Waals surface area contributed by atoms with Crippen LogP contribution in [0.2, 0.25) is 0 Å². The Balaban J connectivity index is 1.80. The summed E-state index contributed by atoms with van der Waals surface area (Å²) in [6.07, 6.45) is 2.19. The van der Waals surface area contributed by atoms with E-state index in [0.717, 1.165) is 0 Å². The summed E-state index contributed by atoms with van der Waals surface area (Å²) in [7, 11) is 0. The molecule has 0 atom stereocenters. The second-order valence-corrected chi connectivity index (χ2v) is 5.78. The first-order valence-corrected chi connectivity index (χ1v) is 6.92. The zero-order valence-electron chi connectivity index (χ0n) is 11.8. The van der Waals surface area contributed by atoms with Crippen LogP contribution in [0, 0.1) is 5.92 Å². The van der Waals surface area contributed by atoms with E-state index in [1.165, 1.54) is 6.20 Å². The van der Waals surface area contributed by atoms with Gasteiger partial charge in [0.1, 0.15) is 11.9 Å². The first kappa shape index (κ1) is 14.0. The SMILES string of the molecule is CC(C)C(=O)c1cnn2cc(OC3CC(F)(F)C3)ccc12. The zero-order valence-corrected chi connectivity index (χ0v) is 11.8. The third kappa shape index (κ3) is 2.62. The van der Waals surface area contributed by atoms with Gasteiger partial charge in [-0.05, 0) is 12.1 Å². The molecule has 0 saturated heterocycles. The molecule has 1 aliphatic rings. The van der Waals surface area contributed by atoms with Crippen LogP contribution < -0.4 is 4.74 Å². The first-order chi connectivity index (χ1) is 9.85. The van der Waals surface area contributed by atoms with Gasteiger partial charge in [0.15, 0.2) is 5.78 Å². The number of ether oxygens (including phenoxy) is 1. The molecule has 0 spiro atoms. The van der Waals surface area contributed by atoms with Crippen LogP contribution in [0.3, 0.4) is 0 Å². The topological polar surface area (TPSA) is 43.6 Å². The van der Waals surface area contributed by atoms with E-state index >= 15 is 0 Å². The van der Waals surface area contributed by atoms with Crippen LogP contribution in [0.4, 0.5) is 8.78 Å². The number of pyridine rings is 1. The number of Topliss-reactive ketones (excluding diaryl/α,β-unsaturated/α-hetero) is 1. The minimum atomic E-state index is -2.60. The van der Waals surface area contributed by atoms with E-state index in [1.54, 1.807) is 22.8 Å². The largest absolute Gasteiger partial charge is 0.488 e. The van der Waals surface area contributed by atoms with Gasteiger partial charge in [-0.2, -0.15) is 5.10 Å². The Morgan fingerprint density at radius 1 is 1.43 bits per heavy atom. The molecule has 6 heteroatoms. The van der Waals surface area contributed by atoms with Crippen LogP contribution in [0.25, 0.3) is 5.52 Å². The lowest BCUT2D eigenvalue weighted by atomic mass is 9.91. The highest BCUT2D eigenvalue weighted by atomic mass is 19.3. The Hall–Kier alpha value is -1.98. The summed E-state index contributed by atoms with van der Waals surface area (Å²) >= 11 is 0. The number of hydrogen-bond donors (Lipinski definition) is 0. The van der Waals surface area contributed by atoms with E-state index in [1.807, 2.05) is 13.8 Å². The molecule has 1 aliphatic carbocycles. The van der Waals surface area contributed by atoms with E-state index in [0.29, 0.717) is 16.8 Å². The Kier molecular flexibility index (Phi) is 3.19. The molecule has 1 fully saturated rings. The van der Waals surface area contributed by atoms with Gasteiger partial charge in [0.05, 0.1) is 23.5 Å². The summed E-state index contributed by atoms with van der Waals surface area (Å²) in [5, 5.41) is 4.13. The average Bonchev–Trinajstić information content (AvgIpc) is 2.78. The zero-order chi connectivity index (χ0) is 15.2. The lowest BCUT2D eigenvalue weighted by Gasteiger charge is -2.34. The summed E-state index contributed by atoms with van der Waals surface area (Å²) in [6, 6.07) is 3.42. The molecule has 0 unspecified atom stereocenters. The molecule has 0 radical (unpaired) electrons. The molecule has 0 aromatic carbocycles. The molecule has 21 heavy (non-hydrogen) atoms. The van der Waals surface area contributed by atoms with Gasteiger partial charge in [-0.1, -0.05) is 13.8 Å². The highest BCUT2D eigenvalue weighted by molar-refractivity contribution is 6.03. The fourth-order valence-corrected chi connectivity index (χ4v) is 2.42. The van der Waals surface area contributed by atoms with Gasteiger partial charge in [-0.15, -0.1) is 0 Å². The number of aromatic nitrogens is 2. The smallest absolute Gasteiger partial charge is 0.255 e. The van der Waals surface area contributed by atoms with Crippen molar-refractivity contribution >= 4 is 11.3 Å². The fraction of sp³-hybridized carbons (Fsp3) is 0.467. The Bertz CT molecular complexity index is 686. The summed E-state index contributed by atoms with van der Waals surface area (Å²) in [4.78, 5) is 12.0. The molecule has 3 rings (SSSR count). The van der Waals surface area contributed by atoms with Crippen LogP contribution in [-0.4, -0.2) is 27.4 Å². The van der Waals surface area contributed by atoms with Gasteiger partial charge in [0, 0.05) is 18.8 Å². The van der Waals surface area contributed by atoms with E-state index in [2.05, 4.69) is 5.10 Å². The lowest BCUT2D eigenvalue weighted by molar-refractivity contribution is -0.134. The molecular weight excluding hydrogens is 278 g/mol. The standard InChI is InChI=1S/C15H16F2N2O2/c1-9(2)14(20)12-7-18-19-8-10(3-4-13(12)19)21-11-5-15(16,17)6-11/h3-4,7-9,11H,5-6H2,1-2H3. The molecule has 2 heterocycles. The van der Waals surface area contributed by atoms with Crippen molar-refractivity contribution in [2.45, 2.75) is 38.7 Å². The van der Waals surface area contributed by atoms with E-state index < -0.39 is 12.0 Å². The summed E-state index contributed by atoms with van der Waals surface area (Å²) in [5.74, 6) is -2.20. The fourth-order valence-electron chi connectivity index (χ4n) is 2.42. The number of carbonyl (C=O) groups is 1. The molecule has 0 N–H and O–H groups in total. The number of alkyl halides is 2. The predicted molar refractivity (Wildman–Crippen MR) is 73.0 cm³/mol. The predicted octanol–water partition coefficient (Wildman–Crippen LogP) is 3.35. The number of halogens is 2. The molecule has 1 saturated carbocycles. The molecule has 2 aromatic rings. The molecule has 0 aliphatic heterocycles. The van der Waals surface area contributed by atoms with Gasteiger partial charge in [0.25, 0.3) is 5.92 Å². The van der Waals surface area contributed by atoms with Crippen LogP contribution in [-0.2, 0) is 0 Å². The number of fused-ring (bicyclic) bond motifs is 1. The minimum absolute atomic E-state index is 0.0253. The number of ketones is 1. The van der Waals surface area contributed by atoms with Crippen molar-refractivity contribution in [1.82, 2.24) is 9.61 Å². The van der Waals surface area contributed by atoms with Crippen LogP contribution in [0.15, 0.2) is 24.5 Å². The first-order valence-electron chi connectivity index (χ1n) is 6.92. The van der Waals surface area contributed by atoms with Crippen molar-refractivity contribution in [3.8, 4) is 5.75 Å². The molecule has 2 aromatic heterocycles. The van der Waals surface area contributed by atoms with Crippen molar-refractivity contribution in [3.05, 3.63) is 30.1 Å². The molecule has 112 valence electrons. The maximum Gasteiger partial charge on any atom is 0.255 e. The van der Waals surface area contributed by atoms with E-state index in [9.17, 15) is 13.6 Å². The highest BCUT2D eigenvalue weighted by Gasteiger charge is 2.47. The van der Waals surface area contributed by atoms with Crippen LogP contribution in [0.5, 0.6) is 5.75 Å². The number of rotatable bonds is 4. The van der Waals surface area contributed by atoms with E-state index in [-0.39, 0.29) is 24.5 Å². The number of hydrogen-bond acceptors (Lipinski definition) is 3. The number of carbonyl (C=O) groups excluding carboxylic acids is 1. The maximum absolute atomic E-state index is 12.8. The summed E-state index contributed by atoms with van der Waals surface area (Å²) in [6.45, 7) is 3.67. The second-order valence-electron chi connectivity index (χ2n) is 5.78. The Labute approximate surface area is 120 Å². The van der Waals surface area contributed by atoms with Crippen molar-refractivity contribution in [1.29, 1.82) is 0 Å². The van der Waals surface area contributed by atoms with Crippen molar-refractivity contribution in [3.63, 3.8) is 0 Å². The normalized spacial score (nSPS) is 18.0. The molecule has 0 amide bonds. The summed E-state index contributed by atoms with van der Waals surface area (Å²) < 4.78 is 32.6. The van der Waals surface area contributed by atoms with Gasteiger partial charge in [-0.25, -0.2) is 13.3 Å². The average molecular weight is 294 g/mol. The summed E-state index contributed by atoms with van der Waals surface area (Å²) in [5.41, 5.74) is 1.26. The van der Waals surface area contributed by atoms with Gasteiger partial charge in [-0.3, -0.25) is 4.79 Å². The monoisotopic (exact) mass is 294 g/mol. The Morgan fingerprint density at radius 2 is 2.14 bits per heavy atom. The molecule has 0 bridgehead atoms. The maximum atomic E-state index is 12.8. The molecular formula is C15H16F2N2O2. The molecule has 4 nitrogen and oxygen atoms in total. The van der Waals surface area contributed by atoms with Crippen molar-refractivity contribution < 1.29 is 18.3 Å². The van der Waals surface area contributed by atoms with Crippen molar-refractivity contribution in [2.75, 3.05) is 0 Å². The minimum Gasteiger partial charge on any atom is -0.488 e. The van der Waals surface area contributed by atoms with Gasteiger partial charge < -0.3 is 4.74 Å². The van der Waals surface area contributed by atoms with Crippen LogP contribution >= 0.6 is 0 Å². The Morgan fingerprint density at radius 3 is 2.76 bits per heavy atom. The number of nitrogens with zero attached hydrogens (tertiary/aromatic N) is 2. The quantitative estimate of drug-likeness (QED) is 0.812. The van der Waals surface area contributed by atoms with Crippen LogP contribution in [0.1, 0.15) is 37.0 Å². The van der Waals surface area contributed by atoms with Crippen molar-refractivity contribution in [2.24, 2.45) is 5.92 Å². The van der Waals surface area contributed by atoms with Gasteiger partial charge in [0.2, 0.25) is 0 Å². The third-order valence-electron chi connectivity index (χ3n) is 3.63. The lowest BCUT2D eigenvalue weighted by Crippen LogP contribution is -2.43. The van der Waals surface area contributed by atoms with Gasteiger partial charge >= 0.3 is 0 Å². The second kappa shape index (κ2) is 4.79. The van der Waals surface area contributed by atoms with E-state index in [4.69, 9.17) is 4.74 Å². The third-order valence-corrected chi connectivity index (χ3v) is 3.63.